The quantitative estimate of drug-likeness (QED) is 0.387. The Labute approximate surface area is 200 Å². The molecule has 3 aromatic carbocycles. The van der Waals surface area contributed by atoms with Gasteiger partial charge in [-0.1, -0.05) is 72.4 Å². The summed E-state index contributed by atoms with van der Waals surface area (Å²) in [6.45, 7) is -0.264. The summed E-state index contributed by atoms with van der Waals surface area (Å²) >= 11 is 1.52. The van der Waals surface area contributed by atoms with Crippen molar-refractivity contribution in [3.05, 3.63) is 119 Å². The molecule has 1 amide bonds. The molecule has 0 saturated heterocycles. The molecule has 0 fully saturated rings. The molecule has 4 aromatic rings. The molecule has 1 N–H and O–H groups in total. The lowest BCUT2D eigenvalue weighted by atomic mass is 10.2. The van der Waals surface area contributed by atoms with E-state index in [1.54, 1.807) is 6.07 Å². The van der Waals surface area contributed by atoms with Crippen LogP contribution in [0.3, 0.4) is 0 Å². The van der Waals surface area contributed by atoms with E-state index in [1.165, 1.54) is 28.6 Å². The van der Waals surface area contributed by atoms with E-state index in [2.05, 4.69) is 10.4 Å². The number of anilines is 1. The number of carbonyl (C=O) groups excluding carboxylic acids is 2. The Morgan fingerprint density at radius 2 is 1.53 bits per heavy atom. The highest BCUT2D eigenvalue weighted by molar-refractivity contribution is 7.99. The second kappa shape index (κ2) is 11.1. The molecule has 170 valence electrons. The highest BCUT2D eigenvalue weighted by atomic mass is 32.2. The Bertz CT molecular complexity index is 1340. The topological polar surface area (TPSA) is 90.3 Å². The smallest absolute Gasteiger partial charge is 0.359 e. The van der Waals surface area contributed by atoms with Gasteiger partial charge < -0.3 is 10.1 Å². The minimum atomic E-state index is -0.788. The summed E-state index contributed by atoms with van der Waals surface area (Å²) in [5.41, 5.74) is 1.09. The first-order valence-corrected chi connectivity index (χ1v) is 11.3. The Hall–Kier alpha value is -4.17. The van der Waals surface area contributed by atoms with Gasteiger partial charge in [0, 0.05) is 15.9 Å². The van der Waals surface area contributed by atoms with E-state index < -0.39 is 18.5 Å². The summed E-state index contributed by atoms with van der Waals surface area (Å²) in [6.07, 6.45) is 0. The number of amides is 1. The number of ether oxygens (including phenoxy) is 1. The van der Waals surface area contributed by atoms with Gasteiger partial charge in [0.25, 0.3) is 11.5 Å². The van der Waals surface area contributed by atoms with Gasteiger partial charge in [0.05, 0.1) is 12.2 Å². The molecular weight excluding hydrogens is 450 g/mol. The molecule has 4 rings (SSSR count). The van der Waals surface area contributed by atoms with Crippen molar-refractivity contribution in [2.75, 3.05) is 11.9 Å². The lowest BCUT2D eigenvalue weighted by Crippen LogP contribution is -2.26. The zero-order chi connectivity index (χ0) is 23.8. The van der Waals surface area contributed by atoms with Gasteiger partial charge >= 0.3 is 5.97 Å². The summed E-state index contributed by atoms with van der Waals surface area (Å²) in [7, 11) is 0. The zero-order valence-corrected chi connectivity index (χ0v) is 18.9. The fraction of sp³-hybridized carbons (Fsp3) is 0.0769. The van der Waals surface area contributed by atoms with Gasteiger partial charge in [0.1, 0.15) is 0 Å². The molecule has 0 aliphatic rings. The zero-order valence-electron chi connectivity index (χ0n) is 18.1. The van der Waals surface area contributed by atoms with Crippen LogP contribution in [0.2, 0.25) is 0 Å². The van der Waals surface area contributed by atoms with Crippen molar-refractivity contribution in [3.63, 3.8) is 0 Å². The van der Waals surface area contributed by atoms with Gasteiger partial charge in [-0.15, -0.1) is 0 Å². The summed E-state index contributed by atoms with van der Waals surface area (Å²) in [5.74, 6) is -1.27. The van der Waals surface area contributed by atoms with E-state index in [1.807, 2.05) is 78.9 Å². The van der Waals surface area contributed by atoms with E-state index >= 15 is 0 Å². The molecule has 1 heterocycles. The fourth-order valence-electron chi connectivity index (χ4n) is 3.09. The number of nitrogens with one attached hydrogen (secondary N) is 1. The second-order valence-corrected chi connectivity index (χ2v) is 8.35. The van der Waals surface area contributed by atoms with Crippen LogP contribution in [0.5, 0.6) is 0 Å². The average molecular weight is 472 g/mol. The van der Waals surface area contributed by atoms with E-state index in [0.717, 1.165) is 15.4 Å². The number of para-hydroxylation sites is 1. The predicted octanol–water partition coefficient (Wildman–Crippen LogP) is 4.24. The highest BCUT2D eigenvalue weighted by Crippen LogP contribution is 2.33. The molecule has 0 aliphatic carbocycles. The number of nitrogens with zero attached hydrogens (tertiary/aromatic N) is 2. The lowest BCUT2D eigenvalue weighted by Gasteiger charge is -2.11. The number of carbonyl (C=O) groups is 2. The Morgan fingerprint density at radius 3 is 2.29 bits per heavy atom. The Balaban J connectivity index is 1.37. The van der Waals surface area contributed by atoms with Crippen LogP contribution >= 0.6 is 11.8 Å². The van der Waals surface area contributed by atoms with Crippen molar-refractivity contribution in [2.45, 2.75) is 16.3 Å². The number of rotatable bonds is 8. The number of hydrogen-bond acceptors (Lipinski definition) is 6. The minimum absolute atomic E-state index is 0.0524. The maximum absolute atomic E-state index is 12.4. The van der Waals surface area contributed by atoms with Crippen molar-refractivity contribution < 1.29 is 14.3 Å². The standard InChI is InChI=1S/C26H21N3O4S/c30-24(27-21-13-7-8-14-23(21)34-20-11-5-2-6-12-20)18-33-26(32)22-15-16-25(31)29(28-22)17-19-9-3-1-4-10-19/h1-16H,17-18H2,(H,27,30). The van der Waals surface area contributed by atoms with Crippen LogP contribution in [0.15, 0.2) is 112 Å². The summed E-state index contributed by atoms with van der Waals surface area (Å²) in [5, 5.41) is 6.86. The molecular formula is C26H21N3O4S. The van der Waals surface area contributed by atoms with Gasteiger partial charge in [-0.05, 0) is 35.9 Å². The average Bonchev–Trinajstić information content (AvgIpc) is 2.86. The van der Waals surface area contributed by atoms with Gasteiger partial charge in [-0.2, -0.15) is 5.10 Å². The van der Waals surface area contributed by atoms with Crippen LogP contribution in [0.1, 0.15) is 16.1 Å². The molecule has 0 bridgehead atoms. The third kappa shape index (κ3) is 6.20. The summed E-state index contributed by atoms with van der Waals surface area (Å²) in [4.78, 5) is 38.9. The number of benzene rings is 3. The first-order chi connectivity index (χ1) is 16.6. The van der Waals surface area contributed by atoms with E-state index in [9.17, 15) is 14.4 Å². The SMILES string of the molecule is O=C(COC(=O)c1ccc(=O)n(Cc2ccccc2)n1)Nc1ccccc1Sc1ccccc1. The molecule has 0 atom stereocenters. The number of esters is 1. The first-order valence-electron chi connectivity index (χ1n) is 10.5. The van der Waals surface area contributed by atoms with Crippen molar-refractivity contribution in [1.82, 2.24) is 9.78 Å². The van der Waals surface area contributed by atoms with Crippen molar-refractivity contribution in [2.24, 2.45) is 0 Å². The summed E-state index contributed by atoms with van der Waals surface area (Å²) < 4.78 is 6.31. The Kier molecular flexibility index (Phi) is 7.52. The van der Waals surface area contributed by atoms with E-state index in [-0.39, 0.29) is 17.8 Å². The minimum Gasteiger partial charge on any atom is -0.451 e. The van der Waals surface area contributed by atoms with Crippen LogP contribution in [0.25, 0.3) is 0 Å². The number of hydrogen-bond donors (Lipinski definition) is 1. The van der Waals surface area contributed by atoms with Gasteiger partial charge in [0.2, 0.25) is 0 Å². The van der Waals surface area contributed by atoms with Crippen LogP contribution in [-0.2, 0) is 16.1 Å². The molecule has 0 unspecified atom stereocenters. The fourth-order valence-corrected chi connectivity index (χ4v) is 4.02. The highest BCUT2D eigenvalue weighted by Gasteiger charge is 2.15. The molecule has 1 aromatic heterocycles. The molecule has 34 heavy (non-hydrogen) atoms. The van der Waals surface area contributed by atoms with E-state index in [0.29, 0.717) is 5.69 Å². The molecule has 0 saturated carbocycles. The van der Waals surface area contributed by atoms with Gasteiger partial charge in [-0.25, -0.2) is 9.48 Å². The predicted molar refractivity (Wildman–Crippen MR) is 130 cm³/mol. The third-order valence-corrected chi connectivity index (χ3v) is 5.80. The van der Waals surface area contributed by atoms with Crippen molar-refractivity contribution >= 4 is 29.3 Å². The molecule has 0 radical (unpaired) electrons. The van der Waals surface area contributed by atoms with Crippen LogP contribution in [0.4, 0.5) is 5.69 Å². The summed E-state index contributed by atoms with van der Waals surface area (Å²) in [6, 6.07) is 29.0. The van der Waals surface area contributed by atoms with E-state index in [4.69, 9.17) is 4.74 Å². The maximum atomic E-state index is 12.4. The normalized spacial score (nSPS) is 10.5. The maximum Gasteiger partial charge on any atom is 0.359 e. The third-order valence-electron chi connectivity index (χ3n) is 4.72. The second-order valence-electron chi connectivity index (χ2n) is 7.24. The van der Waals surface area contributed by atoms with Crippen LogP contribution in [-0.4, -0.2) is 28.3 Å². The monoisotopic (exact) mass is 471 g/mol. The molecule has 7 nitrogen and oxygen atoms in total. The first kappa shape index (κ1) is 23.0. The van der Waals surface area contributed by atoms with Crippen LogP contribution < -0.4 is 10.9 Å². The van der Waals surface area contributed by atoms with Crippen molar-refractivity contribution in [1.29, 1.82) is 0 Å². The lowest BCUT2D eigenvalue weighted by molar-refractivity contribution is -0.119. The van der Waals surface area contributed by atoms with Crippen LogP contribution in [0, 0.1) is 0 Å². The van der Waals surface area contributed by atoms with Gasteiger partial charge in [0.15, 0.2) is 12.3 Å². The Morgan fingerprint density at radius 1 is 0.853 bits per heavy atom. The molecule has 8 heteroatoms. The number of aromatic nitrogens is 2. The molecule has 0 spiro atoms. The molecule has 0 aliphatic heterocycles. The van der Waals surface area contributed by atoms with Crippen molar-refractivity contribution in [3.8, 4) is 0 Å². The van der Waals surface area contributed by atoms with Gasteiger partial charge in [-0.3, -0.25) is 9.59 Å². The largest absolute Gasteiger partial charge is 0.451 e.